The Hall–Kier alpha value is -0.0800. The molecule has 0 saturated heterocycles. The van der Waals surface area contributed by atoms with Gasteiger partial charge < -0.3 is 10.2 Å². The van der Waals surface area contributed by atoms with E-state index in [1.165, 1.54) is 19.3 Å². The van der Waals surface area contributed by atoms with Crippen LogP contribution in [0, 0.1) is 47.3 Å². The van der Waals surface area contributed by atoms with Gasteiger partial charge in [0, 0.05) is 6.61 Å². The maximum atomic E-state index is 10.4. The van der Waals surface area contributed by atoms with Gasteiger partial charge in [0.25, 0.3) is 0 Å². The first-order chi connectivity index (χ1) is 7.79. The van der Waals surface area contributed by atoms with E-state index < -0.39 is 0 Å². The average molecular weight is 222 g/mol. The van der Waals surface area contributed by atoms with E-state index in [-0.39, 0.29) is 6.10 Å². The monoisotopic (exact) mass is 222 g/mol. The predicted molar refractivity (Wildman–Crippen MR) is 60.5 cm³/mol. The van der Waals surface area contributed by atoms with E-state index in [1.807, 2.05) is 0 Å². The van der Waals surface area contributed by atoms with Gasteiger partial charge in [-0.3, -0.25) is 0 Å². The summed E-state index contributed by atoms with van der Waals surface area (Å²) in [5, 5.41) is 20.0. The zero-order chi connectivity index (χ0) is 11.0. The quantitative estimate of drug-likeness (QED) is 0.743. The van der Waals surface area contributed by atoms with Crippen LogP contribution in [0.15, 0.2) is 0 Å². The van der Waals surface area contributed by atoms with Crippen LogP contribution in [0.5, 0.6) is 0 Å². The Balaban J connectivity index is 1.69. The lowest BCUT2D eigenvalue weighted by atomic mass is 9.41. The van der Waals surface area contributed by atoms with Crippen molar-refractivity contribution in [2.24, 2.45) is 47.3 Å². The van der Waals surface area contributed by atoms with Gasteiger partial charge in [-0.1, -0.05) is 13.3 Å². The summed E-state index contributed by atoms with van der Waals surface area (Å²) in [5.74, 6) is 5.57. The molecule has 5 aliphatic carbocycles. The van der Waals surface area contributed by atoms with Gasteiger partial charge in [-0.2, -0.15) is 0 Å². The highest BCUT2D eigenvalue weighted by Gasteiger charge is 2.73. The van der Waals surface area contributed by atoms with E-state index in [1.54, 1.807) is 0 Å². The Morgan fingerprint density at radius 3 is 2.06 bits per heavy atom. The Kier molecular flexibility index (Phi) is 1.87. The first-order valence-electron chi connectivity index (χ1n) is 7.08. The third kappa shape index (κ3) is 0.830. The molecule has 2 nitrogen and oxygen atoms in total. The summed E-state index contributed by atoms with van der Waals surface area (Å²) in [6, 6.07) is 0. The topological polar surface area (TPSA) is 40.5 Å². The molecule has 5 fully saturated rings. The maximum absolute atomic E-state index is 10.4. The van der Waals surface area contributed by atoms with Crippen molar-refractivity contribution in [3.8, 4) is 0 Å². The number of hydrogen-bond acceptors (Lipinski definition) is 2. The highest BCUT2D eigenvalue weighted by molar-refractivity contribution is 5.21. The molecule has 2 heteroatoms. The van der Waals surface area contributed by atoms with Crippen LogP contribution in [-0.4, -0.2) is 22.9 Å². The molecule has 5 aliphatic rings. The lowest BCUT2D eigenvalue weighted by Gasteiger charge is -2.65. The van der Waals surface area contributed by atoms with Gasteiger partial charge >= 0.3 is 0 Å². The van der Waals surface area contributed by atoms with E-state index >= 15 is 0 Å². The predicted octanol–water partition coefficient (Wildman–Crippen LogP) is 1.51. The molecule has 5 saturated carbocycles. The van der Waals surface area contributed by atoms with Gasteiger partial charge in [-0.05, 0) is 60.2 Å². The Labute approximate surface area is 97.0 Å². The lowest BCUT2D eigenvalue weighted by Crippen LogP contribution is -2.64. The molecule has 0 aromatic carbocycles. The standard InChI is InChI=1S/C14H22O2/c1-2-6-9(5-15)12-11-7-3-4-8(7)14(16)13(12)10(6)11/h6-16H,2-5H2,1H3. The van der Waals surface area contributed by atoms with Gasteiger partial charge in [-0.25, -0.2) is 0 Å². The molecule has 0 aromatic heterocycles. The van der Waals surface area contributed by atoms with Crippen molar-refractivity contribution in [2.75, 3.05) is 6.61 Å². The third-order valence-corrected chi connectivity index (χ3v) is 6.71. The summed E-state index contributed by atoms with van der Waals surface area (Å²) < 4.78 is 0. The van der Waals surface area contributed by atoms with Gasteiger partial charge in [0.1, 0.15) is 0 Å². The van der Waals surface area contributed by atoms with Crippen molar-refractivity contribution < 1.29 is 10.2 Å². The van der Waals surface area contributed by atoms with Gasteiger partial charge in [0.2, 0.25) is 0 Å². The Morgan fingerprint density at radius 2 is 1.62 bits per heavy atom. The summed E-state index contributed by atoms with van der Waals surface area (Å²) in [6.45, 7) is 2.62. The third-order valence-electron chi connectivity index (χ3n) is 6.71. The summed E-state index contributed by atoms with van der Waals surface area (Å²) in [4.78, 5) is 0. The molecule has 5 rings (SSSR count). The van der Waals surface area contributed by atoms with Gasteiger partial charge in [0.05, 0.1) is 6.10 Å². The second-order valence-corrected chi connectivity index (χ2v) is 6.62. The first-order valence-corrected chi connectivity index (χ1v) is 7.08. The minimum Gasteiger partial charge on any atom is -0.396 e. The molecular weight excluding hydrogens is 200 g/mol. The van der Waals surface area contributed by atoms with E-state index in [4.69, 9.17) is 0 Å². The summed E-state index contributed by atoms with van der Waals surface area (Å²) in [7, 11) is 0. The van der Waals surface area contributed by atoms with Crippen molar-refractivity contribution >= 4 is 0 Å². The summed E-state index contributed by atoms with van der Waals surface area (Å²) in [5.41, 5.74) is 0. The van der Waals surface area contributed by atoms with Crippen LogP contribution >= 0.6 is 0 Å². The van der Waals surface area contributed by atoms with Crippen molar-refractivity contribution in [3.05, 3.63) is 0 Å². The molecule has 0 amide bonds. The zero-order valence-corrected chi connectivity index (χ0v) is 9.92. The Morgan fingerprint density at radius 1 is 0.938 bits per heavy atom. The largest absolute Gasteiger partial charge is 0.396 e. The minimum absolute atomic E-state index is 0.0238. The molecule has 9 atom stereocenters. The van der Waals surface area contributed by atoms with Gasteiger partial charge in [0.15, 0.2) is 0 Å². The average Bonchev–Trinajstić information content (AvgIpc) is 2.71. The number of aliphatic hydroxyl groups is 2. The van der Waals surface area contributed by atoms with Crippen molar-refractivity contribution in [3.63, 3.8) is 0 Å². The Bertz CT molecular complexity index is 284. The van der Waals surface area contributed by atoms with E-state index in [9.17, 15) is 10.2 Å². The van der Waals surface area contributed by atoms with Crippen LogP contribution in [0.3, 0.4) is 0 Å². The molecule has 0 aliphatic heterocycles. The van der Waals surface area contributed by atoms with Crippen LogP contribution in [0.2, 0.25) is 0 Å². The highest BCUT2D eigenvalue weighted by atomic mass is 16.3. The summed E-state index contributed by atoms with van der Waals surface area (Å²) >= 11 is 0. The zero-order valence-electron chi connectivity index (χ0n) is 9.92. The second kappa shape index (κ2) is 3.02. The van der Waals surface area contributed by atoms with Gasteiger partial charge in [-0.15, -0.1) is 0 Å². The smallest absolute Gasteiger partial charge is 0.0605 e. The molecule has 90 valence electrons. The SMILES string of the molecule is CCC1C(CO)C2C3C(O)C4CCC4C2C13. The van der Waals surface area contributed by atoms with Crippen LogP contribution in [0.4, 0.5) is 0 Å². The molecule has 0 radical (unpaired) electrons. The fraction of sp³-hybridized carbons (Fsp3) is 1.00. The molecule has 0 heterocycles. The fourth-order valence-corrected chi connectivity index (χ4v) is 6.19. The molecular formula is C14H22O2. The summed E-state index contributed by atoms with van der Waals surface area (Å²) in [6.07, 6.45) is 3.78. The number of rotatable bonds is 2. The first kappa shape index (κ1) is 9.90. The van der Waals surface area contributed by atoms with Crippen molar-refractivity contribution in [2.45, 2.75) is 32.3 Å². The molecule has 2 N–H and O–H groups in total. The number of aliphatic hydroxyl groups excluding tert-OH is 2. The molecule has 9 unspecified atom stereocenters. The van der Waals surface area contributed by atoms with Crippen LogP contribution in [-0.2, 0) is 0 Å². The maximum Gasteiger partial charge on any atom is 0.0605 e. The normalized spacial score (nSPS) is 65.8. The number of fused-ring (bicyclic) bond motifs is 2. The van der Waals surface area contributed by atoms with E-state index in [0.29, 0.717) is 36.2 Å². The molecule has 16 heavy (non-hydrogen) atoms. The highest BCUT2D eigenvalue weighted by Crippen LogP contribution is 2.75. The molecule has 0 aromatic rings. The van der Waals surface area contributed by atoms with Crippen LogP contribution in [0.25, 0.3) is 0 Å². The molecule has 0 spiro atoms. The lowest BCUT2D eigenvalue weighted by molar-refractivity contribution is -0.217. The minimum atomic E-state index is -0.0238. The van der Waals surface area contributed by atoms with E-state index in [2.05, 4.69) is 6.92 Å². The molecule has 4 bridgehead atoms. The fourth-order valence-electron chi connectivity index (χ4n) is 6.19. The van der Waals surface area contributed by atoms with E-state index in [0.717, 1.165) is 17.8 Å². The van der Waals surface area contributed by atoms with Crippen LogP contribution < -0.4 is 0 Å². The second-order valence-electron chi connectivity index (χ2n) is 6.62. The van der Waals surface area contributed by atoms with Crippen molar-refractivity contribution in [1.82, 2.24) is 0 Å². The number of hydrogen-bond donors (Lipinski definition) is 2. The van der Waals surface area contributed by atoms with Crippen molar-refractivity contribution in [1.29, 1.82) is 0 Å². The van der Waals surface area contributed by atoms with Crippen LogP contribution in [0.1, 0.15) is 26.2 Å².